The SMILES string of the molecule is COCCOCCOCCNc1ccc(OC)cc1C. The summed E-state index contributed by atoms with van der Waals surface area (Å²) in [7, 11) is 3.33. The summed E-state index contributed by atoms with van der Waals surface area (Å²) in [4.78, 5) is 0. The molecule has 0 heterocycles. The van der Waals surface area contributed by atoms with Gasteiger partial charge in [-0.25, -0.2) is 0 Å². The average molecular weight is 283 g/mol. The van der Waals surface area contributed by atoms with Crippen LogP contribution in [0.1, 0.15) is 5.56 Å². The summed E-state index contributed by atoms with van der Waals surface area (Å²) in [5, 5.41) is 3.33. The summed E-state index contributed by atoms with van der Waals surface area (Å²) in [6.45, 7) is 5.92. The lowest BCUT2D eigenvalue weighted by atomic mass is 10.2. The van der Waals surface area contributed by atoms with Crippen LogP contribution < -0.4 is 10.1 Å². The van der Waals surface area contributed by atoms with Crippen LogP contribution in [-0.4, -0.2) is 53.8 Å². The van der Waals surface area contributed by atoms with Gasteiger partial charge in [0.2, 0.25) is 0 Å². The maximum atomic E-state index is 5.47. The maximum Gasteiger partial charge on any atom is 0.119 e. The Labute approximate surface area is 121 Å². The highest BCUT2D eigenvalue weighted by Crippen LogP contribution is 2.20. The van der Waals surface area contributed by atoms with Gasteiger partial charge in [0, 0.05) is 19.3 Å². The zero-order chi connectivity index (χ0) is 14.6. The standard InChI is InChI=1S/C15H25NO4/c1-13-12-14(18-3)4-5-15(13)16-6-7-19-10-11-20-9-8-17-2/h4-5,12,16H,6-11H2,1-3H3. The summed E-state index contributed by atoms with van der Waals surface area (Å²) < 4.78 is 20.8. The summed E-state index contributed by atoms with van der Waals surface area (Å²) in [6, 6.07) is 5.97. The van der Waals surface area contributed by atoms with Crippen molar-refractivity contribution in [3.8, 4) is 5.75 Å². The third kappa shape index (κ3) is 6.75. The van der Waals surface area contributed by atoms with Crippen LogP contribution in [0.15, 0.2) is 18.2 Å². The molecule has 0 saturated carbocycles. The van der Waals surface area contributed by atoms with Gasteiger partial charge in [-0.2, -0.15) is 0 Å². The molecule has 0 spiro atoms. The summed E-state index contributed by atoms with van der Waals surface area (Å²) in [5.74, 6) is 0.873. The lowest BCUT2D eigenvalue weighted by Gasteiger charge is -2.11. The molecule has 1 N–H and O–H groups in total. The molecule has 0 saturated heterocycles. The van der Waals surface area contributed by atoms with Crippen molar-refractivity contribution >= 4 is 5.69 Å². The van der Waals surface area contributed by atoms with Gasteiger partial charge in [0.15, 0.2) is 0 Å². The van der Waals surface area contributed by atoms with E-state index in [4.69, 9.17) is 18.9 Å². The van der Waals surface area contributed by atoms with Crippen molar-refractivity contribution in [3.63, 3.8) is 0 Å². The van der Waals surface area contributed by atoms with Gasteiger partial charge < -0.3 is 24.3 Å². The van der Waals surface area contributed by atoms with Gasteiger partial charge in [0.25, 0.3) is 0 Å². The molecule has 0 aliphatic carbocycles. The molecular weight excluding hydrogens is 258 g/mol. The van der Waals surface area contributed by atoms with Crippen molar-refractivity contribution < 1.29 is 18.9 Å². The number of hydrogen-bond donors (Lipinski definition) is 1. The van der Waals surface area contributed by atoms with Crippen LogP contribution in [0.4, 0.5) is 5.69 Å². The molecule has 0 aliphatic heterocycles. The van der Waals surface area contributed by atoms with E-state index in [1.54, 1.807) is 14.2 Å². The molecule has 0 bridgehead atoms. The van der Waals surface area contributed by atoms with E-state index in [1.165, 1.54) is 0 Å². The van der Waals surface area contributed by atoms with Crippen molar-refractivity contribution in [2.24, 2.45) is 0 Å². The molecule has 20 heavy (non-hydrogen) atoms. The van der Waals surface area contributed by atoms with Crippen LogP contribution in [0.2, 0.25) is 0 Å². The molecule has 0 atom stereocenters. The summed E-state index contributed by atoms with van der Waals surface area (Å²) in [6.07, 6.45) is 0. The van der Waals surface area contributed by atoms with E-state index in [2.05, 4.69) is 12.2 Å². The van der Waals surface area contributed by atoms with Gasteiger partial charge in [-0.1, -0.05) is 0 Å². The Morgan fingerprint density at radius 2 is 1.65 bits per heavy atom. The number of benzene rings is 1. The fourth-order valence-corrected chi connectivity index (χ4v) is 1.68. The van der Waals surface area contributed by atoms with Gasteiger partial charge >= 0.3 is 0 Å². The van der Waals surface area contributed by atoms with E-state index in [0.717, 1.165) is 23.5 Å². The van der Waals surface area contributed by atoms with Crippen LogP contribution in [0.5, 0.6) is 5.75 Å². The zero-order valence-corrected chi connectivity index (χ0v) is 12.6. The van der Waals surface area contributed by atoms with Crippen molar-refractivity contribution in [3.05, 3.63) is 23.8 Å². The second-order valence-electron chi connectivity index (χ2n) is 4.33. The molecule has 1 rings (SSSR count). The predicted molar refractivity (Wildman–Crippen MR) is 79.7 cm³/mol. The third-order valence-electron chi connectivity index (χ3n) is 2.80. The Hall–Kier alpha value is -1.30. The molecule has 1 aromatic carbocycles. The normalized spacial score (nSPS) is 10.6. The number of hydrogen-bond acceptors (Lipinski definition) is 5. The van der Waals surface area contributed by atoms with Gasteiger partial charge in [-0.15, -0.1) is 0 Å². The second kappa shape index (κ2) is 10.5. The minimum absolute atomic E-state index is 0.602. The third-order valence-corrected chi connectivity index (χ3v) is 2.80. The Kier molecular flexibility index (Phi) is 8.78. The number of nitrogens with one attached hydrogen (secondary N) is 1. The molecule has 0 amide bonds. The molecule has 5 heteroatoms. The molecule has 0 radical (unpaired) electrons. The number of aryl methyl sites for hydroxylation is 1. The first-order valence-electron chi connectivity index (χ1n) is 6.81. The molecule has 0 fully saturated rings. The largest absolute Gasteiger partial charge is 0.497 e. The van der Waals surface area contributed by atoms with Crippen LogP contribution in [-0.2, 0) is 14.2 Å². The highest BCUT2D eigenvalue weighted by Gasteiger charge is 1.99. The van der Waals surface area contributed by atoms with Crippen LogP contribution in [0.3, 0.4) is 0 Å². The average Bonchev–Trinajstić information content (AvgIpc) is 2.47. The van der Waals surface area contributed by atoms with Gasteiger partial charge in [-0.3, -0.25) is 0 Å². The summed E-state index contributed by atoms with van der Waals surface area (Å²) >= 11 is 0. The van der Waals surface area contributed by atoms with E-state index >= 15 is 0 Å². The Bertz CT molecular complexity index is 371. The fraction of sp³-hybridized carbons (Fsp3) is 0.600. The van der Waals surface area contributed by atoms with Crippen LogP contribution in [0.25, 0.3) is 0 Å². The molecule has 1 aromatic rings. The zero-order valence-electron chi connectivity index (χ0n) is 12.6. The monoisotopic (exact) mass is 283 g/mol. The van der Waals surface area contributed by atoms with Crippen molar-refractivity contribution in [2.45, 2.75) is 6.92 Å². The smallest absolute Gasteiger partial charge is 0.119 e. The molecule has 0 aromatic heterocycles. The van der Waals surface area contributed by atoms with Crippen LogP contribution >= 0.6 is 0 Å². The first-order chi connectivity index (χ1) is 9.77. The van der Waals surface area contributed by atoms with Crippen molar-refractivity contribution in [1.29, 1.82) is 0 Å². The first-order valence-corrected chi connectivity index (χ1v) is 6.81. The number of rotatable bonds is 11. The van der Waals surface area contributed by atoms with E-state index < -0.39 is 0 Å². The highest BCUT2D eigenvalue weighted by molar-refractivity contribution is 5.53. The molecule has 5 nitrogen and oxygen atoms in total. The topological polar surface area (TPSA) is 49.0 Å². The van der Waals surface area contributed by atoms with Gasteiger partial charge in [0.05, 0.1) is 40.1 Å². The number of ether oxygens (including phenoxy) is 4. The van der Waals surface area contributed by atoms with E-state index in [-0.39, 0.29) is 0 Å². The molecular formula is C15H25NO4. The summed E-state index contributed by atoms with van der Waals surface area (Å²) in [5.41, 5.74) is 2.26. The second-order valence-corrected chi connectivity index (χ2v) is 4.33. The van der Waals surface area contributed by atoms with E-state index in [1.807, 2.05) is 18.2 Å². The van der Waals surface area contributed by atoms with E-state index in [9.17, 15) is 0 Å². The van der Waals surface area contributed by atoms with Crippen molar-refractivity contribution in [1.82, 2.24) is 0 Å². The highest BCUT2D eigenvalue weighted by atomic mass is 16.5. The lowest BCUT2D eigenvalue weighted by Crippen LogP contribution is -2.14. The van der Waals surface area contributed by atoms with Crippen molar-refractivity contribution in [2.75, 3.05) is 59.1 Å². The predicted octanol–water partition coefficient (Wildman–Crippen LogP) is 2.10. The quantitative estimate of drug-likeness (QED) is 0.630. The Morgan fingerprint density at radius 3 is 2.30 bits per heavy atom. The molecule has 114 valence electrons. The minimum atomic E-state index is 0.602. The molecule has 0 unspecified atom stereocenters. The molecule has 0 aliphatic rings. The van der Waals surface area contributed by atoms with E-state index in [0.29, 0.717) is 33.0 Å². The maximum absolute atomic E-state index is 5.47. The first kappa shape index (κ1) is 16.8. The Balaban J connectivity index is 2.06. The number of methoxy groups -OCH3 is 2. The minimum Gasteiger partial charge on any atom is -0.497 e. The van der Waals surface area contributed by atoms with Crippen LogP contribution in [0, 0.1) is 6.92 Å². The lowest BCUT2D eigenvalue weighted by molar-refractivity contribution is 0.0272. The Morgan fingerprint density at radius 1 is 0.950 bits per heavy atom. The number of anilines is 1. The van der Waals surface area contributed by atoms with Gasteiger partial charge in [-0.05, 0) is 30.7 Å². The van der Waals surface area contributed by atoms with Gasteiger partial charge in [0.1, 0.15) is 5.75 Å². The fourth-order valence-electron chi connectivity index (χ4n) is 1.68.